The van der Waals surface area contributed by atoms with E-state index in [1.807, 2.05) is 43.3 Å². The van der Waals surface area contributed by atoms with Gasteiger partial charge in [0.25, 0.3) is 5.91 Å². The number of aromatic nitrogens is 2. The van der Waals surface area contributed by atoms with Crippen molar-refractivity contribution < 1.29 is 9.53 Å². The molecule has 2 aromatic carbocycles. The van der Waals surface area contributed by atoms with Crippen LogP contribution in [0.25, 0.3) is 11.3 Å². The van der Waals surface area contributed by atoms with Gasteiger partial charge in [-0.1, -0.05) is 41.9 Å². The van der Waals surface area contributed by atoms with Gasteiger partial charge in [-0.2, -0.15) is 10.2 Å². The zero-order valence-electron chi connectivity index (χ0n) is 14.1. The van der Waals surface area contributed by atoms with Gasteiger partial charge in [-0.15, -0.1) is 0 Å². The number of nitrogens with zero attached hydrogens (tertiary/aromatic N) is 2. The molecule has 0 saturated carbocycles. The molecule has 0 atom stereocenters. The maximum atomic E-state index is 12.2. The Balaban J connectivity index is 1.68. The molecule has 3 rings (SSSR count). The third-order valence-corrected chi connectivity index (χ3v) is 3.88. The molecule has 0 aliphatic rings. The molecule has 0 unspecified atom stereocenters. The normalized spacial score (nSPS) is 10.8. The van der Waals surface area contributed by atoms with E-state index in [0.717, 1.165) is 11.3 Å². The second-order valence-electron chi connectivity index (χ2n) is 5.35. The number of hydrazone groups is 1. The molecule has 0 spiro atoms. The Kier molecular flexibility index (Phi) is 5.66. The van der Waals surface area contributed by atoms with E-state index in [0.29, 0.717) is 28.6 Å². The summed E-state index contributed by atoms with van der Waals surface area (Å²) >= 11 is 6.03. The molecule has 3 aromatic rings. The topological polar surface area (TPSA) is 79.4 Å². The van der Waals surface area contributed by atoms with Crippen LogP contribution < -0.4 is 10.2 Å². The molecular weight excluding hydrogens is 352 g/mol. The molecule has 7 heteroatoms. The number of nitrogens with one attached hydrogen (secondary N) is 2. The second kappa shape index (κ2) is 8.31. The monoisotopic (exact) mass is 368 g/mol. The van der Waals surface area contributed by atoms with Gasteiger partial charge in [0.1, 0.15) is 11.4 Å². The molecule has 0 bridgehead atoms. The predicted molar refractivity (Wildman–Crippen MR) is 102 cm³/mol. The van der Waals surface area contributed by atoms with Gasteiger partial charge in [0.05, 0.1) is 18.5 Å². The fraction of sp³-hybridized carbons (Fsp3) is 0.105. The highest BCUT2D eigenvalue weighted by Gasteiger charge is 2.11. The van der Waals surface area contributed by atoms with Crippen molar-refractivity contribution in [3.05, 3.63) is 70.9 Å². The molecule has 1 aromatic heterocycles. The lowest BCUT2D eigenvalue weighted by Gasteiger charge is -2.03. The number of hydrogen-bond donors (Lipinski definition) is 2. The summed E-state index contributed by atoms with van der Waals surface area (Å²) in [6.45, 7) is 2.51. The van der Waals surface area contributed by atoms with Crippen LogP contribution in [0.15, 0.2) is 59.7 Å². The van der Waals surface area contributed by atoms with E-state index < -0.39 is 5.91 Å². The van der Waals surface area contributed by atoms with Crippen LogP contribution in [-0.4, -0.2) is 28.9 Å². The summed E-state index contributed by atoms with van der Waals surface area (Å²) in [6.07, 6.45) is 1.49. The Bertz CT molecular complexity index is 937. The van der Waals surface area contributed by atoms with Crippen LogP contribution in [-0.2, 0) is 0 Å². The Morgan fingerprint density at radius 1 is 1.27 bits per heavy atom. The molecule has 1 heterocycles. The Morgan fingerprint density at radius 2 is 2.12 bits per heavy atom. The quantitative estimate of drug-likeness (QED) is 0.511. The molecule has 0 aliphatic carbocycles. The van der Waals surface area contributed by atoms with Gasteiger partial charge in [0, 0.05) is 16.1 Å². The van der Waals surface area contributed by atoms with Crippen LogP contribution in [0.4, 0.5) is 0 Å². The minimum absolute atomic E-state index is 0.304. The molecule has 0 radical (unpaired) electrons. The average Bonchev–Trinajstić information content (AvgIpc) is 3.14. The van der Waals surface area contributed by atoms with E-state index >= 15 is 0 Å². The van der Waals surface area contributed by atoms with Crippen molar-refractivity contribution >= 4 is 23.7 Å². The van der Waals surface area contributed by atoms with Gasteiger partial charge < -0.3 is 4.74 Å². The zero-order chi connectivity index (χ0) is 18.4. The number of rotatable bonds is 6. The Labute approximate surface area is 155 Å². The van der Waals surface area contributed by atoms with Crippen LogP contribution in [0.2, 0.25) is 5.02 Å². The van der Waals surface area contributed by atoms with Gasteiger partial charge >= 0.3 is 0 Å². The number of ether oxygens (including phenoxy) is 1. The van der Waals surface area contributed by atoms with Crippen LogP contribution in [0.1, 0.15) is 23.0 Å². The summed E-state index contributed by atoms with van der Waals surface area (Å²) in [4.78, 5) is 12.2. The van der Waals surface area contributed by atoms with Crippen molar-refractivity contribution in [2.45, 2.75) is 6.92 Å². The smallest absolute Gasteiger partial charge is 0.289 e. The van der Waals surface area contributed by atoms with Crippen molar-refractivity contribution in [3.8, 4) is 17.0 Å². The van der Waals surface area contributed by atoms with Crippen LogP contribution in [0.3, 0.4) is 0 Å². The van der Waals surface area contributed by atoms with Crippen molar-refractivity contribution in [1.82, 2.24) is 15.6 Å². The first-order chi connectivity index (χ1) is 12.7. The van der Waals surface area contributed by atoms with Crippen molar-refractivity contribution in [2.24, 2.45) is 5.10 Å². The van der Waals surface area contributed by atoms with E-state index in [-0.39, 0.29) is 0 Å². The van der Waals surface area contributed by atoms with Crippen molar-refractivity contribution in [3.63, 3.8) is 0 Å². The SMILES string of the molecule is CCOc1cccc(-c2cc(C(=O)N/N=C/c3ccccc3Cl)[nH]n2)c1. The number of benzene rings is 2. The summed E-state index contributed by atoms with van der Waals surface area (Å²) < 4.78 is 5.48. The third-order valence-electron chi connectivity index (χ3n) is 3.54. The van der Waals surface area contributed by atoms with Crippen molar-refractivity contribution in [1.29, 1.82) is 0 Å². The summed E-state index contributed by atoms with van der Waals surface area (Å²) in [6, 6.07) is 16.4. The molecule has 6 nitrogen and oxygen atoms in total. The third kappa shape index (κ3) is 4.29. The molecule has 26 heavy (non-hydrogen) atoms. The fourth-order valence-corrected chi connectivity index (χ4v) is 2.48. The van der Waals surface area contributed by atoms with E-state index in [1.54, 1.807) is 18.2 Å². The van der Waals surface area contributed by atoms with Gasteiger partial charge in [-0.3, -0.25) is 9.89 Å². The molecule has 0 fully saturated rings. The van der Waals surface area contributed by atoms with E-state index in [1.165, 1.54) is 6.21 Å². The summed E-state index contributed by atoms with van der Waals surface area (Å²) in [5, 5.41) is 11.4. The summed E-state index contributed by atoms with van der Waals surface area (Å²) in [5.41, 5.74) is 4.96. The molecule has 132 valence electrons. The van der Waals surface area contributed by atoms with E-state index in [2.05, 4.69) is 20.7 Å². The zero-order valence-corrected chi connectivity index (χ0v) is 14.8. The first-order valence-electron chi connectivity index (χ1n) is 8.04. The van der Waals surface area contributed by atoms with E-state index in [9.17, 15) is 4.79 Å². The lowest BCUT2D eigenvalue weighted by molar-refractivity contribution is 0.0950. The minimum atomic E-state index is -0.395. The highest BCUT2D eigenvalue weighted by atomic mass is 35.5. The molecule has 1 amide bonds. The number of hydrogen-bond acceptors (Lipinski definition) is 4. The lowest BCUT2D eigenvalue weighted by atomic mass is 10.1. The van der Waals surface area contributed by atoms with Crippen molar-refractivity contribution in [2.75, 3.05) is 6.61 Å². The molecule has 0 saturated heterocycles. The largest absolute Gasteiger partial charge is 0.494 e. The Hall–Kier alpha value is -3.12. The molecule has 2 N–H and O–H groups in total. The Morgan fingerprint density at radius 3 is 2.92 bits per heavy atom. The summed E-state index contributed by atoms with van der Waals surface area (Å²) in [7, 11) is 0. The van der Waals surface area contributed by atoms with Gasteiger partial charge in [-0.25, -0.2) is 5.43 Å². The predicted octanol–water partition coefficient (Wildman–Crippen LogP) is 3.89. The molecular formula is C19H17ClN4O2. The standard InChI is InChI=1S/C19H17ClN4O2/c1-2-26-15-8-5-7-13(10-15)17-11-18(23-22-17)19(25)24-21-12-14-6-3-4-9-16(14)20/h3-12H,2H2,1H3,(H,22,23)(H,24,25)/b21-12+. The maximum Gasteiger partial charge on any atom is 0.289 e. The summed E-state index contributed by atoms with van der Waals surface area (Å²) in [5.74, 6) is 0.358. The van der Waals surface area contributed by atoms with Gasteiger partial charge in [0.2, 0.25) is 0 Å². The highest BCUT2D eigenvalue weighted by molar-refractivity contribution is 6.33. The number of amides is 1. The van der Waals surface area contributed by atoms with E-state index in [4.69, 9.17) is 16.3 Å². The van der Waals surface area contributed by atoms with Gasteiger partial charge in [0.15, 0.2) is 0 Å². The number of aromatic amines is 1. The second-order valence-corrected chi connectivity index (χ2v) is 5.76. The number of carbonyl (C=O) groups is 1. The first-order valence-corrected chi connectivity index (χ1v) is 8.41. The number of H-pyrrole nitrogens is 1. The molecule has 0 aliphatic heterocycles. The first kappa shape index (κ1) is 17.7. The fourth-order valence-electron chi connectivity index (χ4n) is 2.30. The van der Waals surface area contributed by atoms with Crippen LogP contribution in [0.5, 0.6) is 5.75 Å². The highest BCUT2D eigenvalue weighted by Crippen LogP contribution is 2.22. The number of halogens is 1. The van der Waals surface area contributed by atoms with Gasteiger partial charge in [-0.05, 0) is 31.2 Å². The maximum absolute atomic E-state index is 12.2. The minimum Gasteiger partial charge on any atom is -0.494 e. The lowest BCUT2D eigenvalue weighted by Crippen LogP contribution is -2.18. The van der Waals surface area contributed by atoms with Crippen LogP contribution in [0, 0.1) is 0 Å². The average molecular weight is 369 g/mol. The van der Waals surface area contributed by atoms with Crippen LogP contribution >= 0.6 is 11.6 Å². The number of carbonyl (C=O) groups excluding carboxylic acids is 1.